The van der Waals surface area contributed by atoms with E-state index in [1.165, 1.54) is 11.1 Å². The number of hydrogen-bond acceptors (Lipinski definition) is 14. The van der Waals surface area contributed by atoms with Crippen LogP contribution in [0.4, 0.5) is 0 Å². The lowest BCUT2D eigenvalue weighted by Gasteiger charge is -2.35. The number of thiophene rings is 1. The Labute approximate surface area is 436 Å². The zero-order chi connectivity index (χ0) is 51.9. The number of β-amino-alcohol motifs (C(OH)–C–C–N with tert-alkyl or cyclic N) is 1. The third kappa shape index (κ3) is 11.2. The first-order chi connectivity index (χ1) is 34.8. The predicted molar refractivity (Wildman–Crippen MR) is 280 cm³/mol. The standard InChI is InChI=1S/C53H59ClN10O7S2/c1-27-30(4)73-52-45(27)46(33-13-15-35(54)16-14-33)59-40(49-62-61-31(5)64(49)52)23-42(66)58-36-19-39(20-36)71-44-22-38(17-18-55-44)70-25-43(67)60-48(53(6,7)8)51(69)63-24-37(65)21-41(63)50(68)57-28(2)32-9-11-34(12-10-32)47-29(3)56-26-72-47/h9-18,22,26,28,36-37,39-41,48,65H,19-21,23-25H2,1-8H3,(H,57,68)(H,58,66)(H,60,67)/t28-,36-,37+,39-,40-,41-,48?/m0/s1. The van der Waals surface area contributed by atoms with Crippen LogP contribution in [0.1, 0.15) is 110 Å². The van der Waals surface area contributed by atoms with Crippen LogP contribution in [0.2, 0.25) is 5.02 Å². The third-order valence-electron chi connectivity index (χ3n) is 13.6. The molecule has 9 rings (SSSR count). The van der Waals surface area contributed by atoms with Crippen LogP contribution in [-0.2, 0) is 19.2 Å². The van der Waals surface area contributed by atoms with Crippen molar-refractivity contribution in [2.45, 2.75) is 123 Å². The number of rotatable bonds is 15. The molecule has 2 aliphatic heterocycles. The van der Waals surface area contributed by atoms with Gasteiger partial charge in [0, 0.05) is 65.1 Å². The predicted octanol–water partition coefficient (Wildman–Crippen LogP) is 7.49. The average molecular weight is 1050 g/mol. The van der Waals surface area contributed by atoms with Gasteiger partial charge in [-0.15, -0.1) is 32.9 Å². The second-order valence-electron chi connectivity index (χ2n) is 20.1. The summed E-state index contributed by atoms with van der Waals surface area (Å²) in [6.07, 6.45) is 1.61. The molecule has 73 heavy (non-hydrogen) atoms. The quantitative estimate of drug-likeness (QED) is 0.0791. The van der Waals surface area contributed by atoms with Crippen LogP contribution in [0.5, 0.6) is 11.6 Å². The maximum Gasteiger partial charge on any atom is 0.258 e. The van der Waals surface area contributed by atoms with Gasteiger partial charge < -0.3 is 35.4 Å². The van der Waals surface area contributed by atoms with Crippen molar-refractivity contribution in [2.75, 3.05) is 13.2 Å². The number of ether oxygens (including phenoxy) is 2. The van der Waals surface area contributed by atoms with Crippen LogP contribution in [-0.4, -0.2) is 108 Å². The number of pyridine rings is 1. The molecule has 4 N–H and O–H groups in total. The summed E-state index contributed by atoms with van der Waals surface area (Å²) in [5, 5.41) is 30.2. The summed E-state index contributed by atoms with van der Waals surface area (Å²) in [7, 11) is 0. The van der Waals surface area contributed by atoms with E-state index in [-0.39, 0.29) is 43.5 Å². The second-order valence-corrected chi connectivity index (χ2v) is 22.6. The smallest absolute Gasteiger partial charge is 0.258 e. The highest BCUT2D eigenvalue weighted by atomic mass is 35.5. The molecule has 0 spiro atoms. The van der Waals surface area contributed by atoms with E-state index in [4.69, 9.17) is 26.1 Å². The van der Waals surface area contributed by atoms with Gasteiger partial charge in [0.2, 0.25) is 23.6 Å². The number of aromatic nitrogens is 5. The van der Waals surface area contributed by atoms with Crippen molar-refractivity contribution in [3.63, 3.8) is 0 Å². The number of nitrogens with zero attached hydrogens (tertiary/aromatic N) is 7. The molecule has 6 aromatic rings. The van der Waals surface area contributed by atoms with Gasteiger partial charge in [-0.1, -0.05) is 68.8 Å². The van der Waals surface area contributed by atoms with E-state index in [2.05, 4.69) is 50.0 Å². The normalized spacial score (nSPS) is 20.1. The van der Waals surface area contributed by atoms with Gasteiger partial charge in [-0.3, -0.25) is 28.7 Å². The number of halogens is 1. The molecule has 1 unspecified atom stereocenters. The summed E-state index contributed by atoms with van der Waals surface area (Å²) in [5.41, 5.74) is 7.70. The molecule has 1 aliphatic carbocycles. The number of thiazole rings is 1. The zero-order valence-electron chi connectivity index (χ0n) is 41.9. The number of carbonyl (C=O) groups is 4. The van der Waals surface area contributed by atoms with Crippen LogP contribution in [0.3, 0.4) is 0 Å². The van der Waals surface area contributed by atoms with Gasteiger partial charge in [0.1, 0.15) is 40.8 Å². The summed E-state index contributed by atoms with van der Waals surface area (Å²) in [5.74, 6) is 0.341. The lowest BCUT2D eigenvalue weighted by Crippen LogP contribution is -2.58. The number of carbonyl (C=O) groups excluding carboxylic acids is 4. The number of nitrogens with one attached hydrogen (secondary N) is 3. The van der Waals surface area contributed by atoms with Crippen LogP contribution < -0.4 is 25.4 Å². The maximum absolute atomic E-state index is 14.2. The highest BCUT2D eigenvalue weighted by Gasteiger charge is 2.45. The largest absolute Gasteiger partial charge is 0.484 e. The Bertz CT molecular complexity index is 3070. The molecule has 2 aromatic carbocycles. The Balaban J connectivity index is 0.767. The molecule has 5 atom stereocenters. The number of amides is 4. The van der Waals surface area contributed by atoms with Crippen molar-refractivity contribution >= 4 is 63.6 Å². The van der Waals surface area contributed by atoms with Gasteiger partial charge in [-0.2, -0.15) is 0 Å². The highest BCUT2D eigenvalue weighted by molar-refractivity contribution is 7.15. The molecule has 4 aromatic heterocycles. The minimum atomic E-state index is -1.04. The molecule has 1 saturated carbocycles. The molecule has 0 radical (unpaired) electrons. The van der Waals surface area contributed by atoms with E-state index >= 15 is 0 Å². The molecule has 6 heterocycles. The fraction of sp³-hybridized carbons (Fsp3) is 0.415. The van der Waals surface area contributed by atoms with Gasteiger partial charge in [0.15, 0.2) is 12.4 Å². The topological polar surface area (TPSA) is 215 Å². The Morgan fingerprint density at radius 3 is 2.34 bits per heavy atom. The van der Waals surface area contributed by atoms with Crippen molar-refractivity contribution in [1.29, 1.82) is 0 Å². The van der Waals surface area contributed by atoms with Crippen LogP contribution >= 0.6 is 34.3 Å². The van der Waals surface area contributed by atoms with Crippen LogP contribution in [0, 0.1) is 33.1 Å². The monoisotopic (exact) mass is 1050 g/mol. The number of aliphatic hydroxyl groups excluding tert-OH is 1. The van der Waals surface area contributed by atoms with Gasteiger partial charge in [0.05, 0.1) is 40.4 Å². The summed E-state index contributed by atoms with van der Waals surface area (Å²) in [6.45, 7) is 14.9. The Hall–Kier alpha value is -6.54. The van der Waals surface area contributed by atoms with E-state index in [0.29, 0.717) is 41.1 Å². The number of aryl methyl sites for hydroxylation is 3. The number of hydrogen-bond donors (Lipinski definition) is 4. The number of aliphatic hydroxyl groups is 1. The Morgan fingerprint density at radius 2 is 1.64 bits per heavy atom. The Morgan fingerprint density at radius 1 is 0.918 bits per heavy atom. The highest BCUT2D eigenvalue weighted by Crippen LogP contribution is 2.40. The van der Waals surface area contributed by atoms with E-state index in [1.54, 1.807) is 34.8 Å². The van der Waals surface area contributed by atoms with Gasteiger partial charge >= 0.3 is 0 Å². The molecular formula is C53H59ClN10O7S2. The third-order valence-corrected chi connectivity index (χ3v) is 16.0. The Kier molecular flexibility index (Phi) is 14.9. The fourth-order valence-electron chi connectivity index (χ4n) is 9.46. The summed E-state index contributed by atoms with van der Waals surface area (Å²) < 4.78 is 14.0. The van der Waals surface area contributed by atoms with E-state index in [1.807, 2.05) is 100 Å². The number of likely N-dealkylation sites (tertiary alicyclic amines) is 1. The summed E-state index contributed by atoms with van der Waals surface area (Å²) in [6, 6.07) is 15.6. The van der Waals surface area contributed by atoms with E-state index < -0.39 is 54.0 Å². The van der Waals surface area contributed by atoms with Crippen LogP contribution in [0.25, 0.3) is 15.4 Å². The first kappa shape index (κ1) is 51.4. The van der Waals surface area contributed by atoms with Crippen molar-refractivity contribution < 1.29 is 33.8 Å². The minimum Gasteiger partial charge on any atom is -0.484 e. The lowest BCUT2D eigenvalue weighted by atomic mass is 9.85. The first-order valence-electron chi connectivity index (χ1n) is 24.3. The SMILES string of the molecule is Cc1ncsc1-c1ccc([C@H](C)NC(=O)[C@@H]2C[C@@H](O)CN2C(=O)C(NC(=O)COc2ccnc(O[C@H]3C[C@H](NC(=O)C[C@@H]4N=C(c5ccc(Cl)cc5)c5c(sc(C)c5C)-n5c(C)nnc54)C3)c2)C(C)(C)C)cc1. The summed E-state index contributed by atoms with van der Waals surface area (Å²) >= 11 is 9.49. The number of benzene rings is 2. The number of aliphatic imine (C=N–C) groups is 1. The molecule has 17 nitrogen and oxygen atoms in total. The van der Waals surface area contributed by atoms with Crippen molar-refractivity contribution in [2.24, 2.45) is 10.4 Å². The van der Waals surface area contributed by atoms with Gasteiger partial charge in [-0.05, 0) is 74.9 Å². The lowest BCUT2D eigenvalue weighted by molar-refractivity contribution is -0.144. The van der Waals surface area contributed by atoms with E-state index in [0.717, 1.165) is 54.0 Å². The molecular weight excluding hydrogens is 988 g/mol. The molecule has 0 bridgehead atoms. The summed E-state index contributed by atoms with van der Waals surface area (Å²) in [4.78, 5) is 72.6. The zero-order valence-corrected chi connectivity index (χ0v) is 44.3. The van der Waals surface area contributed by atoms with Gasteiger partial charge in [-0.25, -0.2) is 9.97 Å². The molecule has 1 saturated heterocycles. The molecule has 20 heteroatoms. The molecule has 4 amide bonds. The van der Waals surface area contributed by atoms with Crippen LogP contribution in [0.15, 0.2) is 77.4 Å². The number of fused-ring (bicyclic) bond motifs is 3. The van der Waals surface area contributed by atoms with Crippen molar-refractivity contribution in [3.8, 4) is 27.1 Å². The second kappa shape index (κ2) is 21.1. The van der Waals surface area contributed by atoms with E-state index in [9.17, 15) is 24.3 Å². The molecule has 382 valence electrons. The average Bonchev–Trinajstić information content (AvgIpc) is 4.11. The van der Waals surface area contributed by atoms with Gasteiger partial charge in [0.25, 0.3) is 5.91 Å². The van der Waals surface area contributed by atoms with Crippen molar-refractivity contribution in [3.05, 3.63) is 122 Å². The first-order valence-corrected chi connectivity index (χ1v) is 26.4. The van der Waals surface area contributed by atoms with Crippen molar-refractivity contribution in [1.82, 2.24) is 45.6 Å². The molecule has 3 aliphatic rings. The minimum absolute atomic E-state index is 0.0514. The maximum atomic E-state index is 14.2. The fourth-order valence-corrected chi connectivity index (χ4v) is 11.6. The molecule has 2 fully saturated rings.